The number of hydrogen-bond acceptors (Lipinski definition) is 4. The van der Waals surface area contributed by atoms with Crippen LogP contribution in [0.2, 0.25) is 10.0 Å². The van der Waals surface area contributed by atoms with Crippen LogP contribution < -0.4 is 16.0 Å². The van der Waals surface area contributed by atoms with E-state index in [2.05, 4.69) is 16.0 Å². The van der Waals surface area contributed by atoms with Crippen molar-refractivity contribution in [3.63, 3.8) is 0 Å². The van der Waals surface area contributed by atoms with Crippen LogP contribution >= 0.6 is 23.2 Å². The first kappa shape index (κ1) is 37.7. The van der Waals surface area contributed by atoms with Crippen molar-refractivity contribution in [2.75, 3.05) is 7.05 Å². The van der Waals surface area contributed by atoms with Crippen molar-refractivity contribution in [1.82, 2.24) is 20.9 Å². The van der Waals surface area contributed by atoms with E-state index in [1.807, 2.05) is 20.8 Å². The lowest BCUT2D eigenvalue weighted by Gasteiger charge is -2.35. The van der Waals surface area contributed by atoms with Crippen molar-refractivity contribution >= 4 is 46.8 Å². The molecular weight excluding hydrogens is 680 g/mol. The fourth-order valence-electron chi connectivity index (χ4n) is 5.66. The van der Waals surface area contributed by atoms with E-state index in [1.165, 1.54) is 24.1 Å². The minimum atomic E-state index is -4.54. The van der Waals surface area contributed by atoms with E-state index in [0.29, 0.717) is 27.3 Å². The number of likely N-dealkylation sites (N-methyl/N-ethyl adjacent to an activating group) is 1. The molecular formula is C36H39Cl2F3N4O4. The largest absolute Gasteiger partial charge is 0.416 e. The number of fused-ring (bicyclic) bond motifs is 1. The van der Waals surface area contributed by atoms with Crippen molar-refractivity contribution in [2.24, 2.45) is 5.41 Å². The number of amides is 4. The van der Waals surface area contributed by atoms with Gasteiger partial charge in [0.1, 0.15) is 18.1 Å². The molecule has 3 atom stereocenters. The normalized spacial score (nSPS) is 20.0. The fourth-order valence-corrected chi connectivity index (χ4v) is 5.98. The Bertz CT molecular complexity index is 1690. The summed E-state index contributed by atoms with van der Waals surface area (Å²) in [7, 11) is 1.46. The molecule has 0 bridgehead atoms. The van der Waals surface area contributed by atoms with E-state index in [0.717, 1.165) is 12.1 Å². The standard InChI is InChI=1S/C36H39Cl2F3N4O4/c1-35(2,3)19-30-33(48)44-28(16-21-9-12-25(13-10-21)36(39,40)41)32(47)42-20-24-8-6-5-7-23(24)18-31(46)43-29(34(49)45(30)4)17-22-11-14-26(37)27(38)15-22/h5-15,28-30H,16-20H2,1-4H3,(H,42,47)(H,43,46)(H,44,48)/t28-,29-,30+/m1/s1. The Morgan fingerprint density at radius 2 is 1.39 bits per heavy atom. The zero-order valence-electron chi connectivity index (χ0n) is 27.6. The first-order valence-corrected chi connectivity index (χ1v) is 16.5. The SMILES string of the molecule is CN1C(=O)[C@@H](Cc2ccc(Cl)c(Cl)c2)NC(=O)Cc2ccccc2CNC(=O)[C@@H](Cc2ccc(C(F)(F)F)cc2)NC(=O)[C@@H]1CC(C)(C)C. The van der Waals surface area contributed by atoms with Gasteiger partial charge in [0.25, 0.3) is 0 Å². The molecule has 0 spiro atoms. The molecule has 0 unspecified atom stereocenters. The number of hydrogen-bond donors (Lipinski definition) is 3. The van der Waals surface area contributed by atoms with Crippen LogP contribution in [0.4, 0.5) is 13.2 Å². The van der Waals surface area contributed by atoms with Crippen LogP contribution in [0.1, 0.15) is 55.0 Å². The summed E-state index contributed by atoms with van der Waals surface area (Å²) >= 11 is 12.4. The Kier molecular flexibility index (Phi) is 12.0. The number of carbonyl (C=O) groups excluding carboxylic acids is 4. The van der Waals surface area contributed by atoms with Gasteiger partial charge in [0, 0.05) is 26.4 Å². The van der Waals surface area contributed by atoms with Crippen molar-refractivity contribution in [2.45, 2.75) is 77.3 Å². The molecule has 0 aliphatic carbocycles. The molecule has 262 valence electrons. The molecule has 0 fully saturated rings. The van der Waals surface area contributed by atoms with Gasteiger partial charge in [0.2, 0.25) is 23.6 Å². The molecule has 8 nitrogen and oxygen atoms in total. The maximum Gasteiger partial charge on any atom is 0.416 e. The third-order valence-corrected chi connectivity index (χ3v) is 9.00. The van der Waals surface area contributed by atoms with Crippen LogP contribution in [0.3, 0.4) is 0 Å². The molecule has 1 heterocycles. The predicted molar refractivity (Wildman–Crippen MR) is 182 cm³/mol. The van der Waals surface area contributed by atoms with Crippen molar-refractivity contribution in [1.29, 1.82) is 0 Å². The quantitative estimate of drug-likeness (QED) is 0.305. The molecule has 1 aliphatic heterocycles. The summed E-state index contributed by atoms with van der Waals surface area (Å²) in [6.07, 6.45) is -4.51. The first-order chi connectivity index (χ1) is 22.9. The number of benzene rings is 3. The summed E-state index contributed by atoms with van der Waals surface area (Å²) in [5.41, 5.74) is 0.957. The lowest BCUT2D eigenvalue weighted by molar-refractivity contribution is -0.143. The minimum absolute atomic E-state index is 0.0125. The zero-order valence-corrected chi connectivity index (χ0v) is 29.1. The van der Waals surface area contributed by atoms with E-state index in [9.17, 15) is 32.3 Å². The molecule has 3 aromatic carbocycles. The van der Waals surface area contributed by atoms with Gasteiger partial charge in [-0.25, -0.2) is 0 Å². The highest BCUT2D eigenvalue weighted by molar-refractivity contribution is 6.42. The average Bonchev–Trinajstić information content (AvgIpc) is 3.02. The van der Waals surface area contributed by atoms with Crippen LogP contribution in [0.5, 0.6) is 0 Å². The summed E-state index contributed by atoms with van der Waals surface area (Å²) in [5.74, 6) is -2.20. The second-order valence-electron chi connectivity index (χ2n) is 13.4. The van der Waals surface area contributed by atoms with Gasteiger partial charge in [-0.15, -0.1) is 0 Å². The van der Waals surface area contributed by atoms with Crippen LogP contribution in [0.25, 0.3) is 0 Å². The molecule has 49 heavy (non-hydrogen) atoms. The summed E-state index contributed by atoms with van der Waals surface area (Å²) in [6.45, 7) is 5.70. The number of halogens is 5. The third kappa shape index (κ3) is 10.4. The molecule has 0 saturated heterocycles. The lowest BCUT2D eigenvalue weighted by Crippen LogP contribution is -2.58. The summed E-state index contributed by atoms with van der Waals surface area (Å²) in [4.78, 5) is 56.7. The number of nitrogens with one attached hydrogen (secondary N) is 3. The lowest BCUT2D eigenvalue weighted by atomic mass is 9.86. The maximum atomic E-state index is 14.2. The Balaban J connectivity index is 1.75. The van der Waals surface area contributed by atoms with E-state index in [1.54, 1.807) is 42.5 Å². The molecule has 0 aromatic heterocycles. The highest BCUT2D eigenvalue weighted by Gasteiger charge is 2.37. The van der Waals surface area contributed by atoms with Crippen molar-refractivity contribution < 1.29 is 32.3 Å². The van der Waals surface area contributed by atoms with E-state index in [4.69, 9.17) is 23.2 Å². The van der Waals surface area contributed by atoms with Crippen LogP contribution in [0.15, 0.2) is 66.7 Å². The van der Waals surface area contributed by atoms with Gasteiger partial charge >= 0.3 is 6.18 Å². The van der Waals surface area contributed by atoms with Gasteiger partial charge in [-0.3, -0.25) is 19.2 Å². The Morgan fingerprint density at radius 1 is 0.776 bits per heavy atom. The molecule has 4 amide bonds. The zero-order chi connectivity index (χ0) is 36.1. The van der Waals surface area contributed by atoms with Gasteiger partial charge < -0.3 is 20.9 Å². The fraction of sp³-hybridized carbons (Fsp3) is 0.389. The monoisotopic (exact) mass is 718 g/mol. The second kappa shape index (κ2) is 15.6. The number of rotatable bonds is 5. The topological polar surface area (TPSA) is 108 Å². The first-order valence-electron chi connectivity index (χ1n) is 15.7. The van der Waals surface area contributed by atoms with Gasteiger partial charge in [-0.05, 0) is 58.4 Å². The van der Waals surface area contributed by atoms with Crippen LogP contribution in [-0.4, -0.2) is 53.7 Å². The Morgan fingerprint density at radius 3 is 2.00 bits per heavy atom. The molecule has 3 N–H and O–H groups in total. The molecule has 3 aromatic rings. The minimum Gasteiger partial charge on any atom is -0.350 e. The van der Waals surface area contributed by atoms with Gasteiger partial charge in [0.05, 0.1) is 22.0 Å². The summed E-state index contributed by atoms with van der Waals surface area (Å²) < 4.78 is 39.7. The number of nitrogens with zero attached hydrogens (tertiary/aromatic N) is 1. The highest BCUT2D eigenvalue weighted by Crippen LogP contribution is 2.30. The Hall–Kier alpha value is -4.09. The number of carbonyl (C=O) groups is 4. The molecule has 4 rings (SSSR count). The molecule has 13 heteroatoms. The van der Waals surface area contributed by atoms with Crippen LogP contribution in [0, 0.1) is 5.41 Å². The maximum absolute atomic E-state index is 14.2. The van der Waals surface area contributed by atoms with Gasteiger partial charge in [0.15, 0.2) is 0 Å². The average molecular weight is 720 g/mol. The van der Waals surface area contributed by atoms with E-state index >= 15 is 0 Å². The highest BCUT2D eigenvalue weighted by atomic mass is 35.5. The number of alkyl halides is 3. The van der Waals surface area contributed by atoms with Crippen molar-refractivity contribution in [3.8, 4) is 0 Å². The smallest absolute Gasteiger partial charge is 0.350 e. The predicted octanol–water partition coefficient (Wildman–Crippen LogP) is 5.90. The Labute approximate surface area is 293 Å². The van der Waals surface area contributed by atoms with Gasteiger partial charge in [-0.1, -0.05) is 86.4 Å². The molecule has 1 aliphatic rings. The van der Waals surface area contributed by atoms with Gasteiger partial charge in [-0.2, -0.15) is 13.2 Å². The van der Waals surface area contributed by atoms with E-state index in [-0.39, 0.29) is 37.3 Å². The van der Waals surface area contributed by atoms with Crippen LogP contribution in [-0.2, 0) is 51.2 Å². The second-order valence-corrected chi connectivity index (χ2v) is 14.2. The van der Waals surface area contributed by atoms with E-state index < -0.39 is 58.9 Å². The summed E-state index contributed by atoms with van der Waals surface area (Å²) in [5, 5.41) is 9.04. The molecule has 0 radical (unpaired) electrons. The van der Waals surface area contributed by atoms with Crippen molar-refractivity contribution in [3.05, 3.63) is 105 Å². The molecule has 0 saturated carbocycles. The third-order valence-electron chi connectivity index (χ3n) is 8.26. The summed E-state index contributed by atoms with van der Waals surface area (Å²) in [6, 6.07) is 12.9.